The van der Waals surface area contributed by atoms with Crippen molar-refractivity contribution in [1.82, 2.24) is 29.7 Å². The van der Waals surface area contributed by atoms with Crippen LogP contribution in [-0.2, 0) is 0 Å². The summed E-state index contributed by atoms with van der Waals surface area (Å²) in [4.78, 5) is 17.3. The van der Waals surface area contributed by atoms with E-state index in [-0.39, 0.29) is 29.9 Å². The molecular formula is C26H30FN7O. The van der Waals surface area contributed by atoms with Crippen LogP contribution in [0, 0.1) is 5.92 Å². The van der Waals surface area contributed by atoms with Crippen molar-refractivity contribution in [1.29, 1.82) is 0 Å². The fourth-order valence-corrected chi connectivity index (χ4v) is 4.92. The van der Waals surface area contributed by atoms with E-state index in [1.54, 1.807) is 25.4 Å². The van der Waals surface area contributed by atoms with Crippen molar-refractivity contribution in [2.45, 2.75) is 57.8 Å². The number of carbonyl (C=O) groups is 1. The second-order valence-corrected chi connectivity index (χ2v) is 9.81. The molecule has 3 N–H and O–H groups in total. The van der Waals surface area contributed by atoms with Crippen LogP contribution in [0.3, 0.4) is 0 Å². The van der Waals surface area contributed by atoms with Gasteiger partial charge in [-0.05, 0) is 50.7 Å². The molecule has 1 aliphatic rings. The van der Waals surface area contributed by atoms with Crippen molar-refractivity contribution in [2.75, 3.05) is 5.73 Å². The normalized spacial score (nSPS) is 21.4. The first-order valence-electron chi connectivity index (χ1n) is 12.0. The first-order chi connectivity index (χ1) is 16.7. The second kappa shape index (κ2) is 8.79. The molecule has 0 radical (unpaired) electrons. The fourth-order valence-electron chi connectivity index (χ4n) is 4.92. The summed E-state index contributed by atoms with van der Waals surface area (Å²) < 4.78 is 17.8. The van der Waals surface area contributed by atoms with Crippen molar-refractivity contribution < 1.29 is 9.18 Å². The van der Waals surface area contributed by atoms with E-state index < -0.39 is 5.67 Å². The molecule has 8 nitrogen and oxygen atoms in total. The van der Waals surface area contributed by atoms with Crippen LogP contribution in [0.1, 0.15) is 62.0 Å². The number of nitrogens with one attached hydrogen (secondary N) is 1. The third-order valence-electron chi connectivity index (χ3n) is 6.87. The molecule has 4 aromatic rings. The highest BCUT2D eigenvalue weighted by Crippen LogP contribution is 2.48. The SMILES string of the molecule is CC[C@H](C)NC(=O)c1cc(-c2cnn(C(c3ccccc3)C3CC(C)(F)C3)c2)cn2nc(N)nc12. The summed E-state index contributed by atoms with van der Waals surface area (Å²) in [6.07, 6.45) is 7.30. The van der Waals surface area contributed by atoms with Gasteiger partial charge in [0.1, 0.15) is 5.67 Å². The van der Waals surface area contributed by atoms with Crippen LogP contribution in [0.5, 0.6) is 0 Å². The van der Waals surface area contributed by atoms with Gasteiger partial charge in [-0.2, -0.15) is 10.1 Å². The number of benzene rings is 1. The summed E-state index contributed by atoms with van der Waals surface area (Å²) in [6, 6.07) is 11.8. The highest BCUT2D eigenvalue weighted by atomic mass is 19.1. The highest BCUT2D eigenvalue weighted by Gasteiger charge is 2.45. The van der Waals surface area contributed by atoms with Gasteiger partial charge in [0, 0.05) is 29.6 Å². The first-order valence-corrected chi connectivity index (χ1v) is 12.0. The maximum atomic E-state index is 14.4. The number of halogens is 1. The predicted octanol–water partition coefficient (Wildman–Crippen LogP) is 4.43. The summed E-state index contributed by atoms with van der Waals surface area (Å²) in [5.74, 6) is 0.0123. The number of hydrogen-bond acceptors (Lipinski definition) is 5. The lowest BCUT2D eigenvalue weighted by Gasteiger charge is -2.43. The molecule has 1 amide bonds. The van der Waals surface area contributed by atoms with Crippen molar-refractivity contribution in [3.63, 3.8) is 0 Å². The highest BCUT2D eigenvalue weighted by molar-refractivity contribution is 6.01. The zero-order valence-corrected chi connectivity index (χ0v) is 20.1. The Morgan fingerprint density at radius 1 is 1.26 bits per heavy atom. The number of nitrogen functional groups attached to an aromatic ring is 1. The summed E-state index contributed by atoms with van der Waals surface area (Å²) >= 11 is 0. The molecule has 0 saturated heterocycles. The molecule has 1 aromatic carbocycles. The van der Waals surface area contributed by atoms with Gasteiger partial charge in [0.15, 0.2) is 5.65 Å². The number of fused-ring (bicyclic) bond motifs is 1. The zero-order valence-electron chi connectivity index (χ0n) is 20.1. The molecule has 1 saturated carbocycles. The largest absolute Gasteiger partial charge is 0.366 e. The van der Waals surface area contributed by atoms with E-state index in [0.29, 0.717) is 24.1 Å². The molecule has 2 atom stereocenters. The minimum atomic E-state index is -1.14. The van der Waals surface area contributed by atoms with Gasteiger partial charge >= 0.3 is 0 Å². The maximum Gasteiger partial charge on any atom is 0.255 e. The van der Waals surface area contributed by atoms with Crippen LogP contribution in [-0.4, -0.2) is 42.0 Å². The van der Waals surface area contributed by atoms with Crippen molar-refractivity contribution in [3.05, 3.63) is 66.1 Å². The monoisotopic (exact) mass is 475 g/mol. The number of carbonyl (C=O) groups excluding carboxylic acids is 1. The number of alkyl halides is 1. The Balaban J connectivity index is 1.53. The quantitative estimate of drug-likeness (QED) is 0.412. The lowest BCUT2D eigenvalue weighted by molar-refractivity contribution is 0.00426. The van der Waals surface area contributed by atoms with Crippen LogP contribution in [0.4, 0.5) is 10.3 Å². The maximum absolute atomic E-state index is 14.4. The average molecular weight is 476 g/mol. The molecule has 1 aliphatic carbocycles. The lowest BCUT2D eigenvalue weighted by Crippen LogP contribution is -2.41. The van der Waals surface area contributed by atoms with Gasteiger partial charge in [0.2, 0.25) is 5.95 Å². The molecule has 0 aliphatic heterocycles. The zero-order chi connectivity index (χ0) is 24.7. The number of anilines is 1. The number of aromatic nitrogens is 5. The molecule has 35 heavy (non-hydrogen) atoms. The number of nitrogens with zero attached hydrogens (tertiary/aromatic N) is 5. The van der Waals surface area contributed by atoms with Crippen LogP contribution in [0.15, 0.2) is 55.0 Å². The van der Waals surface area contributed by atoms with E-state index in [1.807, 2.05) is 42.9 Å². The van der Waals surface area contributed by atoms with E-state index in [0.717, 1.165) is 23.1 Å². The van der Waals surface area contributed by atoms with Gasteiger partial charge in [0.05, 0.1) is 17.8 Å². The van der Waals surface area contributed by atoms with Crippen molar-refractivity contribution >= 4 is 17.5 Å². The van der Waals surface area contributed by atoms with Gasteiger partial charge in [-0.3, -0.25) is 9.48 Å². The molecule has 1 unspecified atom stereocenters. The Morgan fingerprint density at radius 3 is 2.69 bits per heavy atom. The number of amides is 1. The predicted molar refractivity (Wildman–Crippen MR) is 133 cm³/mol. The van der Waals surface area contributed by atoms with Gasteiger partial charge in [-0.15, -0.1) is 5.10 Å². The van der Waals surface area contributed by atoms with E-state index in [4.69, 9.17) is 5.73 Å². The van der Waals surface area contributed by atoms with Crippen LogP contribution < -0.4 is 11.1 Å². The Kier molecular flexibility index (Phi) is 5.78. The third-order valence-corrected chi connectivity index (χ3v) is 6.87. The van der Waals surface area contributed by atoms with Crippen LogP contribution in [0.25, 0.3) is 16.8 Å². The van der Waals surface area contributed by atoms with Gasteiger partial charge in [-0.25, -0.2) is 8.91 Å². The molecule has 5 rings (SSSR count). The Morgan fingerprint density at radius 2 is 2.00 bits per heavy atom. The summed E-state index contributed by atoms with van der Waals surface area (Å²) in [5, 5.41) is 11.9. The number of rotatable bonds is 7. The Labute approximate surface area is 203 Å². The van der Waals surface area contributed by atoms with Gasteiger partial charge in [-0.1, -0.05) is 37.3 Å². The number of hydrogen-bond donors (Lipinski definition) is 2. The molecule has 0 bridgehead atoms. The van der Waals surface area contributed by atoms with E-state index in [1.165, 1.54) is 4.52 Å². The van der Waals surface area contributed by atoms with Gasteiger partial charge < -0.3 is 11.1 Å². The minimum absolute atomic E-state index is 0.0181. The third kappa shape index (κ3) is 4.50. The van der Waals surface area contributed by atoms with Crippen molar-refractivity contribution in [2.24, 2.45) is 5.92 Å². The first kappa shape index (κ1) is 23.0. The van der Waals surface area contributed by atoms with E-state index >= 15 is 0 Å². The Hall–Kier alpha value is -3.75. The minimum Gasteiger partial charge on any atom is -0.366 e. The van der Waals surface area contributed by atoms with Crippen LogP contribution >= 0.6 is 0 Å². The Bertz CT molecular complexity index is 1350. The smallest absolute Gasteiger partial charge is 0.255 e. The summed E-state index contributed by atoms with van der Waals surface area (Å²) in [7, 11) is 0. The molecule has 0 spiro atoms. The topological polar surface area (TPSA) is 103 Å². The number of nitrogens with two attached hydrogens (primary N) is 1. The summed E-state index contributed by atoms with van der Waals surface area (Å²) in [6.45, 7) is 5.62. The molecule has 182 valence electrons. The van der Waals surface area contributed by atoms with Crippen molar-refractivity contribution in [3.8, 4) is 11.1 Å². The standard InChI is InChI=1S/C26H30FN7O/c1-4-16(2)30-24(35)21-10-18(14-34-23(21)31-25(28)32-34)20-13-29-33(15-20)22(17-8-6-5-7-9-17)19-11-26(3,27)12-19/h5-10,13-16,19,22H,4,11-12H2,1-3H3,(H2,28,32)(H,30,35)/t16-,19?,22?,26?/m0/s1. The molecule has 3 heterocycles. The number of pyridine rings is 1. The fraction of sp³-hybridized carbons (Fsp3) is 0.385. The molecule has 1 fully saturated rings. The van der Waals surface area contributed by atoms with Crippen LogP contribution in [0.2, 0.25) is 0 Å². The molecule has 9 heteroatoms. The second-order valence-electron chi connectivity index (χ2n) is 9.81. The summed E-state index contributed by atoms with van der Waals surface area (Å²) in [5.41, 5.74) is 8.18. The average Bonchev–Trinajstić information content (AvgIpc) is 3.44. The van der Waals surface area contributed by atoms with E-state index in [9.17, 15) is 9.18 Å². The molecular weight excluding hydrogens is 445 g/mol. The lowest BCUT2D eigenvalue weighted by atomic mass is 9.68. The van der Waals surface area contributed by atoms with E-state index in [2.05, 4.69) is 32.6 Å². The van der Waals surface area contributed by atoms with Gasteiger partial charge in [0.25, 0.3) is 5.91 Å². The molecule has 3 aromatic heterocycles.